The van der Waals surface area contributed by atoms with Crippen LogP contribution in [0.4, 0.5) is 9.59 Å². The quantitative estimate of drug-likeness (QED) is 0.689. The third-order valence-electron chi connectivity index (χ3n) is 4.79. The van der Waals surface area contributed by atoms with Gasteiger partial charge in [-0.15, -0.1) is 0 Å². The minimum absolute atomic E-state index is 0.121. The van der Waals surface area contributed by atoms with Gasteiger partial charge in [-0.2, -0.15) is 0 Å². The van der Waals surface area contributed by atoms with Crippen LogP contribution in [0.2, 0.25) is 0 Å². The SMILES string of the molecule is CC(C)(C)OC(=O)NCC(=O)N1C(=O)NCC1(C(=O)O)C1CCCCC1. The summed E-state index contributed by atoms with van der Waals surface area (Å²) in [6.07, 6.45) is 3.23. The molecule has 2 fully saturated rings. The molecule has 0 aromatic heterocycles. The molecule has 1 aliphatic carbocycles. The Morgan fingerprint density at radius 2 is 1.88 bits per heavy atom. The van der Waals surface area contributed by atoms with Crippen LogP contribution in [-0.2, 0) is 14.3 Å². The van der Waals surface area contributed by atoms with Crippen LogP contribution in [0, 0.1) is 5.92 Å². The van der Waals surface area contributed by atoms with Crippen molar-refractivity contribution in [2.24, 2.45) is 5.92 Å². The maximum absolute atomic E-state index is 12.6. The molecule has 1 unspecified atom stereocenters. The average Bonchev–Trinajstić information content (AvgIpc) is 2.90. The number of nitrogens with one attached hydrogen (secondary N) is 2. The van der Waals surface area contributed by atoms with E-state index in [1.54, 1.807) is 20.8 Å². The van der Waals surface area contributed by atoms with Gasteiger partial charge in [0.1, 0.15) is 12.1 Å². The first-order chi connectivity index (χ1) is 12.1. The van der Waals surface area contributed by atoms with Gasteiger partial charge in [0, 0.05) is 0 Å². The topological polar surface area (TPSA) is 125 Å². The third kappa shape index (κ3) is 4.08. The zero-order valence-corrected chi connectivity index (χ0v) is 15.5. The van der Waals surface area contributed by atoms with Gasteiger partial charge >= 0.3 is 18.1 Å². The summed E-state index contributed by atoms with van der Waals surface area (Å²) in [7, 11) is 0. The van der Waals surface area contributed by atoms with Crippen LogP contribution in [-0.4, -0.2) is 58.2 Å². The number of ether oxygens (including phenoxy) is 1. The van der Waals surface area contributed by atoms with E-state index in [-0.39, 0.29) is 12.5 Å². The van der Waals surface area contributed by atoms with Crippen molar-refractivity contribution in [3.63, 3.8) is 0 Å². The predicted molar refractivity (Wildman–Crippen MR) is 91.4 cm³/mol. The van der Waals surface area contributed by atoms with Crippen molar-refractivity contribution < 1.29 is 29.0 Å². The first-order valence-electron chi connectivity index (χ1n) is 8.89. The van der Waals surface area contributed by atoms with Gasteiger partial charge in [-0.25, -0.2) is 19.3 Å². The fraction of sp³-hybridized carbons (Fsp3) is 0.765. The largest absolute Gasteiger partial charge is 0.479 e. The number of hydrogen-bond acceptors (Lipinski definition) is 5. The summed E-state index contributed by atoms with van der Waals surface area (Å²) in [4.78, 5) is 49.5. The summed E-state index contributed by atoms with van der Waals surface area (Å²) in [5.74, 6) is -2.27. The van der Waals surface area contributed by atoms with Gasteiger partial charge < -0.3 is 20.5 Å². The molecule has 9 nitrogen and oxygen atoms in total. The Morgan fingerprint density at radius 3 is 2.42 bits per heavy atom. The molecule has 0 aromatic rings. The number of alkyl carbamates (subject to hydrolysis) is 1. The highest BCUT2D eigenvalue weighted by molar-refractivity contribution is 6.04. The molecule has 146 valence electrons. The van der Waals surface area contributed by atoms with Crippen molar-refractivity contribution >= 4 is 24.0 Å². The minimum atomic E-state index is -1.61. The summed E-state index contributed by atoms with van der Waals surface area (Å²) in [5.41, 5.74) is -2.34. The van der Waals surface area contributed by atoms with Gasteiger partial charge in [0.15, 0.2) is 5.54 Å². The highest BCUT2D eigenvalue weighted by Gasteiger charge is 2.59. The molecule has 26 heavy (non-hydrogen) atoms. The summed E-state index contributed by atoms with van der Waals surface area (Å²) < 4.78 is 5.06. The molecule has 1 saturated heterocycles. The molecule has 1 aliphatic heterocycles. The van der Waals surface area contributed by atoms with Crippen molar-refractivity contribution in [3.05, 3.63) is 0 Å². The number of carbonyl (C=O) groups is 4. The number of carbonyl (C=O) groups excluding carboxylic acids is 3. The van der Waals surface area contributed by atoms with Crippen LogP contribution in [0.3, 0.4) is 0 Å². The number of rotatable bonds is 4. The van der Waals surface area contributed by atoms with E-state index in [9.17, 15) is 24.3 Å². The lowest BCUT2D eigenvalue weighted by atomic mass is 9.74. The second-order valence-electron chi connectivity index (χ2n) is 7.81. The smallest absolute Gasteiger partial charge is 0.408 e. The van der Waals surface area contributed by atoms with E-state index in [2.05, 4.69) is 10.6 Å². The van der Waals surface area contributed by atoms with Crippen LogP contribution in [0.25, 0.3) is 0 Å². The molecule has 4 amide bonds. The van der Waals surface area contributed by atoms with Crippen LogP contribution in [0.5, 0.6) is 0 Å². The van der Waals surface area contributed by atoms with Gasteiger partial charge in [0.2, 0.25) is 0 Å². The molecule has 1 saturated carbocycles. The molecule has 0 bridgehead atoms. The third-order valence-corrected chi connectivity index (χ3v) is 4.79. The lowest BCUT2D eigenvalue weighted by molar-refractivity contribution is -0.157. The van der Waals surface area contributed by atoms with Crippen LogP contribution >= 0.6 is 0 Å². The van der Waals surface area contributed by atoms with Gasteiger partial charge in [-0.1, -0.05) is 19.3 Å². The zero-order chi connectivity index (χ0) is 19.5. The van der Waals surface area contributed by atoms with Crippen LogP contribution < -0.4 is 10.6 Å². The number of amides is 4. The number of nitrogens with zero attached hydrogens (tertiary/aromatic N) is 1. The van der Waals surface area contributed by atoms with E-state index >= 15 is 0 Å². The molecule has 1 atom stereocenters. The standard InChI is InChI=1S/C17H27N3O6/c1-16(2,3)26-15(25)18-9-12(21)20-14(24)19-10-17(20,13(22)23)11-7-5-4-6-8-11/h11H,4-10H2,1-3H3,(H,18,25)(H,19,24)(H,22,23). The number of urea groups is 1. The monoisotopic (exact) mass is 369 g/mol. The zero-order valence-electron chi connectivity index (χ0n) is 15.5. The van der Waals surface area contributed by atoms with Crippen molar-refractivity contribution in [1.29, 1.82) is 0 Å². The van der Waals surface area contributed by atoms with E-state index in [0.717, 1.165) is 24.2 Å². The van der Waals surface area contributed by atoms with E-state index < -0.39 is 41.7 Å². The Balaban J connectivity index is 2.15. The Hall–Kier alpha value is -2.32. The number of carboxylic acids is 1. The lowest BCUT2D eigenvalue weighted by Crippen LogP contribution is -2.62. The molecule has 2 aliphatic rings. The summed E-state index contributed by atoms with van der Waals surface area (Å²) in [6.45, 7) is 4.41. The predicted octanol–water partition coefficient (Wildman–Crippen LogP) is 1.47. The van der Waals surface area contributed by atoms with E-state index in [4.69, 9.17) is 4.74 Å². The van der Waals surface area contributed by atoms with Crippen molar-refractivity contribution in [2.75, 3.05) is 13.1 Å². The van der Waals surface area contributed by atoms with Gasteiger partial charge in [0.25, 0.3) is 5.91 Å². The number of carboxylic acid groups (broad SMARTS) is 1. The summed E-state index contributed by atoms with van der Waals surface area (Å²) in [5, 5.41) is 14.7. The second-order valence-corrected chi connectivity index (χ2v) is 7.81. The Bertz CT molecular complexity index is 594. The van der Waals surface area contributed by atoms with Crippen molar-refractivity contribution in [3.8, 4) is 0 Å². The molecular weight excluding hydrogens is 342 g/mol. The van der Waals surface area contributed by atoms with Crippen LogP contribution in [0.15, 0.2) is 0 Å². The normalized spacial score (nSPS) is 24.1. The van der Waals surface area contributed by atoms with Gasteiger partial charge in [0.05, 0.1) is 6.54 Å². The number of imide groups is 1. The molecule has 0 spiro atoms. The van der Waals surface area contributed by atoms with E-state index in [1.807, 2.05) is 0 Å². The first kappa shape index (κ1) is 20.0. The molecule has 0 aromatic carbocycles. The molecule has 1 heterocycles. The Morgan fingerprint density at radius 1 is 1.27 bits per heavy atom. The molecule has 2 rings (SSSR count). The molecule has 0 radical (unpaired) electrons. The second kappa shape index (κ2) is 7.51. The fourth-order valence-corrected chi connectivity index (χ4v) is 3.68. The van der Waals surface area contributed by atoms with E-state index in [1.165, 1.54) is 0 Å². The average molecular weight is 369 g/mol. The van der Waals surface area contributed by atoms with Crippen LogP contribution in [0.1, 0.15) is 52.9 Å². The number of aliphatic carboxylic acids is 1. The van der Waals surface area contributed by atoms with Gasteiger partial charge in [-0.05, 0) is 39.5 Å². The fourth-order valence-electron chi connectivity index (χ4n) is 3.68. The highest BCUT2D eigenvalue weighted by Crippen LogP contribution is 2.39. The van der Waals surface area contributed by atoms with Crippen molar-refractivity contribution in [1.82, 2.24) is 15.5 Å². The number of hydrogen-bond donors (Lipinski definition) is 3. The Kier molecular flexibility index (Phi) is 5.77. The van der Waals surface area contributed by atoms with Crippen molar-refractivity contribution in [2.45, 2.75) is 64.0 Å². The lowest BCUT2D eigenvalue weighted by Gasteiger charge is -2.40. The summed E-state index contributed by atoms with van der Waals surface area (Å²) >= 11 is 0. The minimum Gasteiger partial charge on any atom is -0.479 e. The van der Waals surface area contributed by atoms with E-state index in [0.29, 0.717) is 12.8 Å². The first-order valence-corrected chi connectivity index (χ1v) is 8.89. The molecule has 9 heteroatoms. The molecular formula is C17H27N3O6. The summed E-state index contributed by atoms with van der Waals surface area (Å²) in [6, 6.07) is -0.742. The molecule has 3 N–H and O–H groups in total. The Labute approximate surface area is 152 Å². The highest BCUT2D eigenvalue weighted by atomic mass is 16.6. The maximum Gasteiger partial charge on any atom is 0.408 e. The maximum atomic E-state index is 12.6. The van der Waals surface area contributed by atoms with Gasteiger partial charge in [-0.3, -0.25) is 4.79 Å².